The van der Waals surface area contributed by atoms with Gasteiger partial charge in [0.25, 0.3) is 5.91 Å². The van der Waals surface area contributed by atoms with Gasteiger partial charge in [0.1, 0.15) is 12.4 Å². The number of hydrogen-bond acceptors (Lipinski definition) is 4. The van der Waals surface area contributed by atoms with E-state index in [-0.39, 0.29) is 5.91 Å². The highest BCUT2D eigenvalue weighted by molar-refractivity contribution is 5.94. The second-order valence-corrected chi connectivity index (χ2v) is 7.59. The summed E-state index contributed by atoms with van der Waals surface area (Å²) in [6.07, 6.45) is 0.899. The van der Waals surface area contributed by atoms with Crippen molar-refractivity contribution in [2.75, 3.05) is 31.1 Å². The van der Waals surface area contributed by atoms with E-state index < -0.39 is 0 Å². The number of ether oxygens (including phenoxy) is 1. The summed E-state index contributed by atoms with van der Waals surface area (Å²) in [6.45, 7) is 3.51. The first-order valence-electron chi connectivity index (χ1n) is 10.5. The lowest BCUT2D eigenvalue weighted by molar-refractivity contribution is 0.0766. The predicted octanol–water partition coefficient (Wildman–Crippen LogP) is 4.49. The molecule has 0 saturated carbocycles. The average Bonchev–Trinajstić information content (AvgIpc) is 3.09. The van der Waals surface area contributed by atoms with E-state index in [0.717, 1.165) is 37.3 Å². The van der Waals surface area contributed by atoms with Gasteiger partial charge in [-0.1, -0.05) is 36.4 Å². The minimum absolute atomic E-state index is 0.0341. The summed E-state index contributed by atoms with van der Waals surface area (Å²) in [7, 11) is 0. The summed E-state index contributed by atoms with van der Waals surface area (Å²) < 4.78 is 5.89. The minimum Gasteiger partial charge on any atom is -0.489 e. The highest BCUT2D eigenvalue weighted by Gasteiger charge is 2.21. The third kappa shape index (κ3) is 5.23. The lowest BCUT2D eigenvalue weighted by atomic mass is 10.2. The number of carbonyl (C=O) groups excluding carboxylic acids is 1. The number of carbonyl (C=O) groups is 1. The van der Waals surface area contributed by atoms with E-state index in [1.165, 1.54) is 0 Å². The Bertz CT molecular complexity index is 1060. The molecule has 1 aliphatic rings. The summed E-state index contributed by atoms with van der Waals surface area (Å²) in [5.41, 5.74) is 3.49. The lowest BCUT2D eigenvalue weighted by Gasteiger charge is -2.24. The van der Waals surface area contributed by atoms with Crippen LogP contribution in [0.25, 0.3) is 0 Å². The molecule has 4 rings (SSSR count). The Morgan fingerprint density at radius 2 is 1.71 bits per heavy atom. The molecule has 5 heteroatoms. The molecule has 0 atom stereocenters. The first-order chi connectivity index (χ1) is 15.2. The molecule has 3 aromatic rings. The van der Waals surface area contributed by atoms with Gasteiger partial charge in [-0.3, -0.25) is 4.79 Å². The van der Waals surface area contributed by atoms with Crippen molar-refractivity contribution in [3.63, 3.8) is 0 Å². The second kappa shape index (κ2) is 9.82. The number of benzene rings is 3. The van der Waals surface area contributed by atoms with Crippen molar-refractivity contribution >= 4 is 11.6 Å². The number of hydrogen-bond donors (Lipinski definition) is 0. The molecule has 31 heavy (non-hydrogen) atoms. The Morgan fingerprint density at radius 1 is 0.903 bits per heavy atom. The molecule has 1 fully saturated rings. The number of rotatable bonds is 5. The van der Waals surface area contributed by atoms with E-state index in [2.05, 4.69) is 11.0 Å². The van der Waals surface area contributed by atoms with Crippen LogP contribution in [0.4, 0.5) is 5.69 Å². The van der Waals surface area contributed by atoms with Crippen molar-refractivity contribution in [1.82, 2.24) is 4.90 Å². The molecule has 0 N–H and O–H groups in total. The maximum atomic E-state index is 13.1. The summed E-state index contributed by atoms with van der Waals surface area (Å²) in [6, 6.07) is 27.2. The highest BCUT2D eigenvalue weighted by atomic mass is 16.5. The fourth-order valence-electron chi connectivity index (χ4n) is 3.77. The number of nitrogens with zero attached hydrogens (tertiary/aromatic N) is 3. The van der Waals surface area contributed by atoms with Gasteiger partial charge in [0.05, 0.1) is 11.6 Å². The van der Waals surface area contributed by atoms with Crippen molar-refractivity contribution in [3.8, 4) is 11.8 Å². The molecule has 3 aromatic carbocycles. The Kier molecular flexibility index (Phi) is 6.49. The van der Waals surface area contributed by atoms with Crippen molar-refractivity contribution in [1.29, 1.82) is 5.26 Å². The van der Waals surface area contributed by atoms with Crippen LogP contribution < -0.4 is 9.64 Å². The standard InChI is InChI=1S/C26H25N3O2/c27-19-21-10-12-24(13-11-21)28-14-5-15-29(17-16-28)26(30)23-8-4-9-25(18-23)31-20-22-6-2-1-3-7-22/h1-4,6-13,18H,5,14-17,20H2. The maximum Gasteiger partial charge on any atom is 0.254 e. The van der Waals surface area contributed by atoms with Crippen LogP contribution in [-0.2, 0) is 6.61 Å². The molecule has 0 aliphatic carbocycles. The lowest BCUT2D eigenvalue weighted by Crippen LogP contribution is -2.35. The van der Waals surface area contributed by atoms with Gasteiger partial charge in [-0.2, -0.15) is 5.26 Å². The quantitative estimate of drug-likeness (QED) is 0.621. The third-order valence-electron chi connectivity index (χ3n) is 5.47. The molecule has 1 amide bonds. The molecule has 0 radical (unpaired) electrons. The van der Waals surface area contributed by atoms with Crippen LogP contribution >= 0.6 is 0 Å². The molecular weight excluding hydrogens is 386 g/mol. The van der Waals surface area contributed by atoms with Gasteiger partial charge in [0.2, 0.25) is 0 Å². The summed E-state index contributed by atoms with van der Waals surface area (Å²) in [4.78, 5) is 17.3. The Balaban J connectivity index is 1.38. The van der Waals surface area contributed by atoms with Gasteiger partial charge in [-0.05, 0) is 54.4 Å². The fraction of sp³-hybridized carbons (Fsp3) is 0.231. The van der Waals surface area contributed by atoms with E-state index in [0.29, 0.717) is 30.0 Å². The molecule has 0 spiro atoms. The van der Waals surface area contributed by atoms with Crippen molar-refractivity contribution in [2.24, 2.45) is 0 Å². The van der Waals surface area contributed by atoms with Gasteiger partial charge in [0.15, 0.2) is 0 Å². The zero-order valence-electron chi connectivity index (χ0n) is 17.4. The van der Waals surface area contributed by atoms with Crippen molar-refractivity contribution in [3.05, 3.63) is 95.6 Å². The normalized spacial score (nSPS) is 13.9. The van der Waals surface area contributed by atoms with Crippen LogP contribution in [0.1, 0.15) is 27.9 Å². The van der Waals surface area contributed by atoms with E-state index in [9.17, 15) is 4.79 Å². The number of anilines is 1. The van der Waals surface area contributed by atoms with Crippen molar-refractivity contribution < 1.29 is 9.53 Å². The van der Waals surface area contributed by atoms with Crippen LogP contribution in [0.5, 0.6) is 5.75 Å². The van der Waals surface area contributed by atoms with Gasteiger partial charge in [-0.25, -0.2) is 0 Å². The van der Waals surface area contributed by atoms with Crippen LogP contribution in [0, 0.1) is 11.3 Å². The predicted molar refractivity (Wildman–Crippen MR) is 121 cm³/mol. The Labute approximate surface area is 183 Å². The largest absolute Gasteiger partial charge is 0.489 e. The molecular formula is C26H25N3O2. The van der Waals surface area contributed by atoms with Gasteiger partial charge in [0, 0.05) is 37.4 Å². The van der Waals surface area contributed by atoms with Crippen LogP contribution in [0.3, 0.4) is 0 Å². The summed E-state index contributed by atoms with van der Waals surface area (Å²) >= 11 is 0. The molecule has 1 saturated heterocycles. The zero-order valence-corrected chi connectivity index (χ0v) is 17.4. The molecule has 5 nitrogen and oxygen atoms in total. The first-order valence-corrected chi connectivity index (χ1v) is 10.5. The van der Waals surface area contributed by atoms with Crippen LogP contribution in [-0.4, -0.2) is 37.0 Å². The third-order valence-corrected chi connectivity index (χ3v) is 5.47. The van der Waals surface area contributed by atoms with E-state index in [1.807, 2.05) is 83.8 Å². The fourth-order valence-corrected chi connectivity index (χ4v) is 3.77. The number of nitriles is 1. The monoisotopic (exact) mass is 411 g/mol. The highest BCUT2D eigenvalue weighted by Crippen LogP contribution is 2.20. The average molecular weight is 412 g/mol. The first kappa shape index (κ1) is 20.5. The Morgan fingerprint density at radius 3 is 2.48 bits per heavy atom. The van der Waals surface area contributed by atoms with Crippen LogP contribution in [0.2, 0.25) is 0 Å². The zero-order chi connectivity index (χ0) is 21.5. The minimum atomic E-state index is 0.0341. The second-order valence-electron chi connectivity index (χ2n) is 7.59. The molecule has 156 valence electrons. The summed E-state index contributed by atoms with van der Waals surface area (Å²) in [5, 5.41) is 8.98. The molecule has 1 heterocycles. The topological polar surface area (TPSA) is 56.6 Å². The SMILES string of the molecule is N#Cc1ccc(N2CCCN(C(=O)c3cccc(OCc4ccccc4)c3)CC2)cc1. The molecule has 0 unspecified atom stereocenters. The number of amides is 1. The van der Waals surface area contributed by atoms with Gasteiger partial charge in [-0.15, -0.1) is 0 Å². The van der Waals surface area contributed by atoms with E-state index in [1.54, 1.807) is 0 Å². The molecule has 0 aromatic heterocycles. The van der Waals surface area contributed by atoms with Gasteiger partial charge >= 0.3 is 0 Å². The smallest absolute Gasteiger partial charge is 0.254 e. The van der Waals surface area contributed by atoms with Gasteiger partial charge < -0.3 is 14.5 Å². The van der Waals surface area contributed by atoms with E-state index in [4.69, 9.17) is 10.00 Å². The van der Waals surface area contributed by atoms with Crippen LogP contribution in [0.15, 0.2) is 78.9 Å². The maximum absolute atomic E-state index is 13.1. The van der Waals surface area contributed by atoms with Crippen molar-refractivity contribution in [2.45, 2.75) is 13.0 Å². The molecule has 0 bridgehead atoms. The molecule has 1 aliphatic heterocycles. The summed E-state index contributed by atoms with van der Waals surface area (Å²) in [5.74, 6) is 0.732. The Hall–Kier alpha value is -3.78. The van der Waals surface area contributed by atoms with E-state index >= 15 is 0 Å².